The third-order valence-corrected chi connectivity index (χ3v) is 7.79. The number of nitrogens with zero attached hydrogens (tertiary/aromatic N) is 2. The molecule has 1 saturated heterocycles. The maximum atomic E-state index is 12.5. The highest BCUT2D eigenvalue weighted by Crippen LogP contribution is 2.36. The molecule has 0 aliphatic carbocycles. The molecule has 0 saturated carbocycles. The van der Waals surface area contributed by atoms with Gasteiger partial charge < -0.3 is 10.6 Å². The van der Waals surface area contributed by atoms with Gasteiger partial charge in [-0.2, -0.15) is 11.8 Å². The van der Waals surface area contributed by atoms with Crippen molar-refractivity contribution in [3.63, 3.8) is 0 Å². The quantitative estimate of drug-likeness (QED) is 0.579. The van der Waals surface area contributed by atoms with Crippen molar-refractivity contribution in [2.45, 2.75) is 36.0 Å². The summed E-state index contributed by atoms with van der Waals surface area (Å²) in [6, 6.07) is 7.05. The lowest BCUT2D eigenvalue weighted by Crippen LogP contribution is -2.43. The summed E-state index contributed by atoms with van der Waals surface area (Å²) in [7, 11) is 1.34. The van der Waals surface area contributed by atoms with Gasteiger partial charge in [-0.05, 0) is 37.1 Å². The van der Waals surface area contributed by atoms with Crippen LogP contribution in [-0.4, -0.2) is 56.9 Å². The second-order valence-electron chi connectivity index (χ2n) is 6.58. The van der Waals surface area contributed by atoms with Crippen molar-refractivity contribution >= 4 is 27.7 Å². The Labute approximate surface area is 155 Å². The molecular formula is C17H28N4O2S2. The molecule has 1 heterocycles. The molecule has 1 atom stereocenters. The van der Waals surface area contributed by atoms with Crippen LogP contribution in [0.5, 0.6) is 0 Å². The van der Waals surface area contributed by atoms with Crippen LogP contribution in [-0.2, 0) is 16.6 Å². The molecule has 0 aromatic heterocycles. The van der Waals surface area contributed by atoms with E-state index in [1.807, 2.05) is 23.9 Å². The van der Waals surface area contributed by atoms with Gasteiger partial charge in [0.1, 0.15) is 0 Å². The molecule has 8 heteroatoms. The smallest absolute Gasteiger partial charge is 0.242 e. The first-order valence-corrected chi connectivity index (χ1v) is 10.8. The standard InChI is InChI=1S/C17H28N4O2S2/c1-17(10-7-11-24-17)13-20-16(18-2)19-12-14-8-5-6-9-15(14)25(22,23)21(3)4/h5-6,8-9H,7,10-13H2,1-4H3,(H2,18,19,20). The largest absolute Gasteiger partial charge is 0.355 e. The molecule has 1 aliphatic rings. The molecule has 0 spiro atoms. The average Bonchev–Trinajstić information content (AvgIpc) is 3.02. The summed E-state index contributed by atoms with van der Waals surface area (Å²) in [4.78, 5) is 4.57. The maximum absolute atomic E-state index is 12.5. The van der Waals surface area contributed by atoms with Gasteiger partial charge in [0.05, 0.1) is 4.90 Å². The topological polar surface area (TPSA) is 73.8 Å². The highest BCUT2D eigenvalue weighted by atomic mass is 32.2. The van der Waals surface area contributed by atoms with E-state index < -0.39 is 10.0 Å². The van der Waals surface area contributed by atoms with Crippen LogP contribution in [0.4, 0.5) is 0 Å². The van der Waals surface area contributed by atoms with Crippen molar-refractivity contribution in [3.05, 3.63) is 29.8 Å². The third-order valence-electron chi connectivity index (χ3n) is 4.33. The zero-order valence-electron chi connectivity index (χ0n) is 15.4. The molecule has 1 unspecified atom stereocenters. The molecule has 1 aromatic rings. The van der Waals surface area contributed by atoms with E-state index in [-0.39, 0.29) is 4.75 Å². The summed E-state index contributed by atoms with van der Waals surface area (Å²) in [6.45, 7) is 3.51. The Hall–Kier alpha value is -1.25. The van der Waals surface area contributed by atoms with Gasteiger partial charge in [0.25, 0.3) is 0 Å². The number of nitrogens with one attached hydrogen (secondary N) is 2. The Balaban J connectivity index is 2.02. The predicted octanol–water partition coefficient (Wildman–Crippen LogP) is 1.89. The van der Waals surface area contributed by atoms with Gasteiger partial charge in [0.15, 0.2) is 5.96 Å². The van der Waals surface area contributed by atoms with Crippen LogP contribution in [0.15, 0.2) is 34.2 Å². The van der Waals surface area contributed by atoms with Gasteiger partial charge in [-0.25, -0.2) is 12.7 Å². The van der Waals surface area contributed by atoms with E-state index in [4.69, 9.17) is 0 Å². The fourth-order valence-corrected chi connectivity index (χ4v) is 5.10. The summed E-state index contributed by atoms with van der Waals surface area (Å²) in [5.41, 5.74) is 0.723. The van der Waals surface area contributed by atoms with E-state index in [1.165, 1.54) is 22.9 Å². The Kier molecular flexibility index (Phi) is 6.76. The molecular weight excluding hydrogens is 356 g/mol. The predicted molar refractivity (Wildman–Crippen MR) is 106 cm³/mol. The monoisotopic (exact) mass is 384 g/mol. The van der Waals surface area contributed by atoms with E-state index in [0.717, 1.165) is 12.1 Å². The first-order chi connectivity index (χ1) is 11.8. The molecule has 2 N–H and O–H groups in total. The van der Waals surface area contributed by atoms with Gasteiger partial charge in [-0.1, -0.05) is 18.2 Å². The molecule has 0 amide bonds. The Morgan fingerprint density at radius 2 is 2.04 bits per heavy atom. The molecule has 140 valence electrons. The summed E-state index contributed by atoms with van der Waals surface area (Å²) in [5.74, 6) is 1.89. The number of aliphatic imine (C=N–C) groups is 1. The second-order valence-corrected chi connectivity index (χ2v) is 10.4. The zero-order chi connectivity index (χ0) is 18.5. The number of guanidine groups is 1. The Bertz CT molecular complexity index is 711. The third kappa shape index (κ3) is 5.12. The summed E-state index contributed by atoms with van der Waals surface area (Å²) in [6.07, 6.45) is 2.45. The van der Waals surface area contributed by atoms with E-state index in [0.29, 0.717) is 17.4 Å². The molecule has 25 heavy (non-hydrogen) atoms. The molecule has 2 rings (SSSR count). The second kappa shape index (κ2) is 8.42. The molecule has 1 aromatic carbocycles. The van der Waals surface area contributed by atoms with Gasteiger partial charge >= 0.3 is 0 Å². The number of rotatable bonds is 6. The Morgan fingerprint density at radius 1 is 1.32 bits per heavy atom. The fourth-order valence-electron chi connectivity index (χ4n) is 2.74. The van der Waals surface area contributed by atoms with E-state index in [9.17, 15) is 8.42 Å². The summed E-state index contributed by atoms with van der Waals surface area (Å²) >= 11 is 1.99. The molecule has 1 aliphatic heterocycles. The minimum absolute atomic E-state index is 0.240. The minimum Gasteiger partial charge on any atom is -0.355 e. The van der Waals surface area contributed by atoms with E-state index in [1.54, 1.807) is 33.3 Å². The van der Waals surface area contributed by atoms with E-state index in [2.05, 4.69) is 22.5 Å². The summed E-state index contributed by atoms with van der Waals surface area (Å²) < 4.78 is 26.4. The number of hydrogen-bond donors (Lipinski definition) is 2. The van der Waals surface area contributed by atoms with Crippen LogP contribution in [0.25, 0.3) is 0 Å². The van der Waals surface area contributed by atoms with Gasteiger partial charge in [0.2, 0.25) is 10.0 Å². The molecule has 1 fully saturated rings. The van der Waals surface area contributed by atoms with Gasteiger partial charge in [0, 0.05) is 39.0 Å². The van der Waals surface area contributed by atoms with Crippen molar-refractivity contribution in [2.75, 3.05) is 33.4 Å². The molecule has 0 bridgehead atoms. The van der Waals surface area contributed by atoms with Crippen molar-refractivity contribution in [1.29, 1.82) is 0 Å². The first kappa shape index (κ1) is 20.1. The van der Waals surface area contributed by atoms with E-state index >= 15 is 0 Å². The van der Waals surface area contributed by atoms with Crippen LogP contribution >= 0.6 is 11.8 Å². The van der Waals surface area contributed by atoms with Crippen LogP contribution in [0.1, 0.15) is 25.3 Å². The summed E-state index contributed by atoms with van der Waals surface area (Å²) in [5, 5.41) is 6.59. The van der Waals surface area contributed by atoms with Gasteiger partial charge in [-0.15, -0.1) is 0 Å². The van der Waals surface area contributed by atoms with Gasteiger partial charge in [-0.3, -0.25) is 4.99 Å². The zero-order valence-corrected chi connectivity index (χ0v) is 17.0. The molecule has 6 nitrogen and oxygen atoms in total. The van der Waals surface area contributed by atoms with Crippen LogP contribution < -0.4 is 10.6 Å². The normalized spacial score (nSPS) is 21.6. The molecule has 0 radical (unpaired) electrons. The van der Waals surface area contributed by atoms with Crippen molar-refractivity contribution in [1.82, 2.24) is 14.9 Å². The number of sulfonamides is 1. The lowest BCUT2D eigenvalue weighted by Gasteiger charge is -2.24. The van der Waals surface area contributed by atoms with Crippen molar-refractivity contribution in [2.24, 2.45) is 4.99 Å². The highest BCUT2D eigenvalue weighted by Gasteiger charge is 2.29. The highest BCUT2D eigenvalue weighted by molar-refractivity contribution is 8.00. The lowest BCUT2D eigenvalue weighted by atomic mass is 10.1. The average molecular weight is 385 g/mol. The lowest BCUT2D eigenvalue weighted by molar-refractivity contribution is 0.519. The first-order valence-electron chi connectivity index (χ1n) is 8.37. The number of thioether (sulfide) groups is 1. The minimum atomic E-state index is -3.47. The van der Waals surface area contributed by atoms with Crippen molar-refractivity contribution in [3.8, 4) is 0 Å². The van der Waals surface area contributed by atoms with Crippen molar-refractivity contribution < 1.29 is 8.42 Å². The fraction of sp³-hybridized carbons (Fsp3) is 0.588. The van der Waals surface area contributed by atoms with Crippen LogP contribution in [0.2, 0.25) is 0 Å². The number of benzene rings is 1. The van der Waals surface area contributed by atoms with Crippen LogP contribution in [0.3, 0.4) is 0 Å². The maximum Gasteiger partial charge on any atom is 0.242 e. The SMILES string of the molecule is CN=C(NCc1ccccc1S(=O)(=O)N(C)C)NCC1(C)CCCS1. The number of hydrogen-bond acceptors (Lipinski definition) is 4. The van der Waals surface area contributed by atoms with Crippen LogP contribution in [0, 0.1) is 0 Å². The Morgan fingerprint density at radius 3 is 2.64 bits per heavy atom.